The van der Waals surface area contributed by atoms with Crippen molar-refractivity contribution in [3.63, 3.8) is 0 Å². The van der Waals surface area contributed by atoms with Gasteiger partial charge in [0, 0.05) is 10.6 Å². The Morgan fingerprint density at radius 2 is 1.58 bits per heavy atom. The third-order valence-electron chi connectivity index (χ3n) is 3.63. The summed E-state index contributed by atoms with van der Waals surface area (Å²) in [6, 6.07) is 17.5. The molecule has 2 unspecified atom stereocenters. The van der Waals surface area contributed by atoms with Gasteiger partial charge in [0.15, 0.2) is 13.0 Å². The Kier molecular flexibility index (Phi) is 5.95. The predicted molar refractivity (Wildman–Crippen MR) is 93.7 cm³/mol. The van der Waals surface area contributed by atoms with Gasteiger partial charge in [0.05, 0.1) is 6.42 Å². The normalized spacial score (nSPS) is 13.5. The Balaban J connectivity index is 2.39. The third-order valence-corrected chi connectivity index (χ3v) is 6.89. The zero-order chi connectivity index (χ0) is 17.6. The first kappa shape index (κ1) is 18.0. The summed E-state index contributed by atoms with van der Waals surface area (Å²) in [5, 5.41) is 1.09. The molecule has 2 atom stereocenters. The van der Waals surface area contributed by atoms with Gasteiger partial charge in [-0.2, -0.15) is 0 Å². The molecule has 0 radical (unpaired) electrons. The second kappa shape index (κ2) is 7.95. The summed E-state index contributed by atoms with van der Waals surface area (Å²) in [4.78, 5) is 11.8. The highest BCUT2D eigenvalue weighted by Gasteiger charge is 2.37. The molecule has 0 N–H and O–H groups in total. The van der Waals surface area contributed by atoms with Crippen LogP contribution in [-0.2, 0) is 14.1 Å². The van der Waals surface area contributed by atoms with Crippen LogP contribution >= 0.6 is 7.14 Å². The molecule has 0 aliphatic heterocycles. The number of esters is 1. The molecule has 0 aliphatic carbocycles. The quantitative estimate of drug-likeness (QED) is 0.459. The minimum Gasteiger partial charge on any atom is -0.452 e. The fraction of sp³-hybridized carbons (Fsp3) is 0.211. The van der Waals surface area contributed by atoms with E-state index in [2.05, 4.69) is 5.92 Å². The van der Waals surface area contributed by atoms with E-state index in [4.69, 9.17) is 11.2 Å². The van der Waals surface area contributed by atoms with Gasteiger partial charge in [-0.3, -0.25) is 0 Å². The van der Waals surface area contributed by atoms with Gasteiger partial charge in [0.1, 0.15) is 0 Å². The molecule has 0 amide bonds. The molecule has 3 nitrogen and oxygen atoms in total. The van der Waals surface area contributed by atoms with Crippen LogP contribution in [0.15, 0.2) is 60.7 Å². The second-order valence-corrected chi connectivity index (χ2v) is 8.32. The van der Waals surface area contributed by atoms with Crippen LogP contribution in [0.5, 0.6) is 0 Å². The standard InChI is InChI=1S/C19H18FO3P/c1-3-10-18(20)19(21)23-15(2)24(22,16-11-6-4-7-12-16)17-13-8-5-9-14-17/h1,4-9,11-15,18H,10H2,2H3. The number of ether oxygens (including phenoxy) is 1. The van der Waals surface area contributed by atoms with Crippen molar-refractivity contribution in [1.82, 2.24) is 0 Å². The van der Waals surface area contributed by atoms with E-state index < -0.39 is 25.1 Å². The van der Waals surface area contributed by atoms with Gasteiger partial charge >= 0.3 is 5.97 Å². The first-order valence-electron chi connectivity index (χ1n) is 7.49. The number of rotatable bonds is 6. The highest BCUT2D eigenvalue weighted by atomic mass is 31.2. The van der Waals surface area contributed by atoms with Crippen LogP contribution in [0, 0.1) is 12.3 Å². The van der Waals surface area contributed by atoms with Gasteiger partial charge in [-0.15, -0.1) is 12.3 Å². The molecule has 124 valence electrons. The number of halogens is 1. The van der Waals surface area contributed by atoms with Crippen LogP contribution < -0.4 is 10.6 Å². The van der Waals surface area contributed by atoms with E-state index in [-0.39, 0.29) is 6.42 Å². The minimum atomic E-state index is -3.29. The molecule has 2 rings (SSSR count). The van der Waals surface area contributed by atoms with Crippen LogP contribution in [0.25, 0.3) is 0 Å². The fourth-order valence-corrected chi connectivity index (χ4v) is 4.99. The summed E-state index contributed by atoms with van der Waals surface area (Å²) in [6.45, 7) is 1.52. The maximum atomic E-state index is 13.8. The molecule has 0 heterocycles. The first-order chi connectivity index (χ1) is 11.5. The summed E-state index contributed by atoms with van der Waals surface area (Å²) < 4.78 is 32.6. The van der Waals surface area contributed by atoms with Crippen molar-refractivity contribution in [2.24, 2.45) is 0 Å². The average molecular weight is 344 g/mol. The Morgan fingerprint density at radius 3 is 2.00 bits per heavy atom. The molecule has 5 heteroatoms. The van der Waals surface area contributed by atoms with E-state index in [1.54, 1.807) is 60.7 Å². The molecule has 0 fully saturated rings. The number of carbonyl (C=O) groups excluding carboxylic acids is 1. The highest BCUT2D eigenvalue weighted by molar-refractivity contribution is 7.79. The molecular formula is C19H18FO3P. The van der Waals surface area contributed by atoms with Crippen molar-refractivity contribution in [3.8, 4) is 12.3 Å². The Labute approximate surface area is 141 Å². The van der Waals surface area contributed by atoms with E-state index in [0.29, 0.717) is 10.6 Å². The topological polar surface area (TPSA) is 43.4 Å². The largest absolute Gasteiger partial charge is 0.452 e. The maximum absolute atomic E-state index is 13.8. The third kappa shape index (κ3) is 3.75. The molecule has 0 aliphatic rings. The van der Waals surface area contributed by atoms with Crippen molar-refractivity contribution in [1.29, 1.82) is 0 Å². The van der Waals surface area contributed by atoms with Crippen LogP contribution in [0.2, 0.25) is 0 Å². The van der Waals surface area contributed by atoms with Crippen LogP contribution in [-0.4, -0.2) is 18.0 Å². The van der Waals surface area contributed by atoms with Gasteiger partial charge in [-0.05, 0) is 6.92 Å². The van der Waals surface area contributed by atoms with Gasteiger partial charge in [-0.1, -0.05) is 60.7 Å². The number of carbonyl (C=O) groups is 1. The van der Waals surface area contributed by atoms with Crippen molar-refractivity contribution < 1.29 is 18.5 Å². The lowest BCUT2D eigenvalue weighted by atomic mass is 10.3. The Hall–Kier alpha value is -2.37. The van der Waals surface area contributed by atoms with Gasteiger partial charge in [0.25, 0.3) is 0 Å². The maximum Gasteiger partial charge on any atom is 0.342 e. The fourth-order valence-electron chi connectivity index (χ4n) is 2.37. The number of hydrogen-bond donors (Lipinski definition) is 0. The zero-order valence-corrected chi connectivity index (χ0v) is 14.2. The molecule has 24 heavy (non-hydrogen) atoms. The van der Waals surface area contributed by atoms with Crippen molar-refractivity contribution in [2.45, 2.75) is 25.4 Å². The monoisotopic (exact) mass is 344 g/mol. The lowest BCUT2D eigenvalue weighted by Gasteiger charge is -2.26. The second-order valence-electron chi connectivity index (χ2n) is 5.24. The number of benzene rings is 2. The number of hydrogen-bond acceptors (Lipinski definition) is 3. The molecule has 0 spiro atoms. The average Bonchev–Trinajstić information content (AvgIpc) is 2.62. The number of terminal acetylenes is 1. The molecule has 2 aromatic rings. The van der Waals surface area contributed by atoms with Crippen LogP contribution in [0.3, 0.4) is 0 Å². The summed E-state index contributed by atoms with van der Waals surface area (Å²) >= 11 is 0. The van der Waals surface area contributed by atoms with Crippen LogP contribution in [0.1, 0.15) is 13.3 Å². The van der Waals surface area contributed by atoms with E-state index in [9.17, 15) is 13.8 Å². The molecule has 0 saturated heterocycles. The van der Waals surface area contributed by atoms with E-state index in [1.165, 1.54) is 6.92 Å². The summed E-state index contributed by atoms with van der Waals surface area (Å²) in [5.74, 6) is -0.0199. The Morgan fingerprint density at radius 1 is 1.12 bits per heavy atom. The van der Waals surface area contributed by atoms with Crippen molar-refractivity contribution in [3.05, 3.63) is 60.7 Å². The Bertz CT molecular complexity index is 725. The summed E-state index contributed by atoms with van der Waals surface area (Å²) in [6.07, 6.45) is 2.73. The van der Waals surface area contributed by atoms with Gasteiger partial charge in [0.2, 0.25) is 6.17 Å². The zero-order valence-electron chi connectivity index (χ0n) is 13.3. The van der Waals surface area contributed by atoms with E-state index in [0.717, 1.165) is 0 Å². The molecule has 0 saturated carbocycles. The summed E-state index contributed by atoms with van der Waals surface area (Å²) in [7, 11) is -3.29. The van der Waals surface area contributed by atoms with Gasteiger partial charge < -0.3 is 9.30 Å². The lowest BCUT2D eigenvalue weighted by molar-refractivity contribution is -0.150. The van der Waals surface area contributed by atoms with Crippen LogP contribution in [0.4, 0.5) is 4.39 Å². The van der Waals surface area contributed by atoms with Crippen molar-refractivity contribution in [2.75, 3.05) is 0 Å². The number of alkyl halides is 1. The summed E-state index contributed by atoms with van der Waals surface area (Å²) in [5.41, 5.74) is 0. The van der Waals surface area contributed by atoms with Gasteiger partial charge in [-0.25, -0.2) is 9.18 Å². The van der Waals surface area contributed by atoms with E-state index in [1.807, 2.05) is 0 Å². The lowest BCUT2D eigenvalue weighted by Crippen LogP contribution is -2.30. The van der Waals surface area contributed by atoms with Crippen molar-refractivity contribution >= 4 is 23.7 Å². The SMILES string of the molecule is C#CCC(F)C(=O)OC(C)P(=O)(c1ccccc1)c1ccccc1. The highest BCUT2D eigenvalue weighted by Crippen LogP contribution is 2.49. The molecular weight excluding hydrogens is 326 g/mol. The predicted octanol–water partition coefficient (Wildman–Crippen LogP) is 3.25. The molecule has 0 aromatic heterocycles. The van der Waals surface area contributed by atoms with E-state index >= 15 is 0 Å². The minimum absolute atomic E-state index is 0.369. The first-order valence-corrected chi connectivity index (χ1v) is 9.26. The molecule has 2 aromatic carbocycles. The smallest absolute Gasteiger partial charge is 0.342 e. The molecule has 0 bridgehead atoms.